The number of benzene rings is 1. The highest BCUT2D eigenvalue weighted by molar-refractivity contribution is 5.96. The summed E-state index contributed by atoms with van der Waals surface area (Å²) in [5.41, 5.74) is 1.64. The maximum Gasteiger partial charge on any atom is 0.259 e. The lowest BCUT2D eigenvalue weighted by Gasteiger charge is -2.22. The first-order valence-electron chi connectivity index (χ1n) is 8.98. The fourth-order valence-electron chi connectivity index (χ4n) is 3.20. The Balaban J connectivity index is 1.69. The molecule has 1 amide bonds. The fourth-order valence-corrected chi connectivity index (χ4v) is 3.20. The number of aliphatic hydroxyl groups excluding tert-OH is 1. The van der Waals surface area contributed by atoms with Crippen molar-refractivity contribution < 1.29 is 14.6 Å². The summed E-state index contributed by atoms with van der Waals surface area (Å²) >= 11 is 0. The van der Waals surface area contributed by atoms with Gasteiger partial charge in [-0.15, -0.1) is 0 Å². The number of aromatic nitrogens is 1. The molecule has 0 saturated carbocycles. The first-order valence-corrected chi connectivity index (χ1v) is 8.98. The van der Waals surface area contributed by atoms with E-state index in [9.17, 15) is 9.90 Å². The van der Waals surface area contributed by atoms with Crippen molar-refractivity contribution >= 4 is 5.91 Å². The zero-order valence-electron chi connectivity index (χ0n) is 15.0. The van der Waals surface area contributed by atoms with Crippen LogP contribution in [0.2, 0.25) is 0 Å². The minimum atomic E-state index is -0.586. The minimum absolute atomic E-state index is 0.151. The molecule has 2 aromatic rings. The number of rotatable bonds is 5. The Kier molecular flexibility index (Phi) is 6.20. The van der Waals surface area contributed by atoms with Crippen molar-refractivity contribution in [1.82, 2.24) is 14.8 Å². The maximum atomic E-state index is 12.9. The van der Waals surface area contributed by atoms with Gasteiger partial charge in [-0.2, -0.15) is 0 Å². The summed E-state index contributed by atoms with van der Waals surface area (Å²) in [4.78, 5) is 21.0. The van der Waals surface area contributed by atoms with E-state index in [0.29, 0.717) is 44.2 Å². The minimum Gasteiger partial charge on any atom is -0.477 e. The van der Waals surface area contributed by atoms with E-state index in [4.69, 9.17) is 4.74 Å². The predicted octanol–water partition coefficient (Wildman–Crippen LogP) is 1.80. The lowest BCUT2D eigenvalue weighted by atomic mass is 10.2. The monoisotopic (exact) mass is 355 g/mol. The normalized spacial score (nSPS) is 18.4. The van der Waals surface area contributed by atoms with Gasteiger partial charge in [0.15, 0.2) is 0 Å². The van der Waals surface area contributed by atoms with Gasteiger partial charge in [-0.1, -0.05) is 30.3 Å². The van der Waals surface area contributed by atoms with Gasteiger partial charge in [0, 0.05) is 38.9 Å². The van der Waals surface area contributed by atoms with Crippen LogP contribution in [-0.4, -0.2) is 64.7 Å². The smallest absolute Gasteiger partial charge is 0.259 e. The molecule has 0 unspecified atom stereocenters. The highest BCUT2D eigenvalue weighted by Gasteiger charge is 2.27. The van der Waals surface area contributed by atoms with E-state index in [0.717, 1.165) is 6.54 Å². The molecule has 2 heterocycles. The van der Waals surface area contributed by atoms with Crippen LogP contribution in [0.1, 0.15) is 22.8 Å². The molecule has 0 radical (unpaired) electrons. The molecule has 1 aromatic heterocycles. The van der Waals surface area contributed by atoms with Crippen LogP contribution in [0.4, 0.5) is 0 Å². The number of carbonyl (C=O) groups is 1. The van der Waals surface area contributed by atoms with Crippen molar-refractivity contribution in [2.75, 3.05) is 32.8 Å². The van der Waals surface area contributed by atoms with Crippen molar-refractivity contribution in [3.05, 3.63) is 59.8 Å². The summed E-state index contributed by atoms with van der Waals surface area (Å²) in [6, 6.07) is 13.6. The van der Waals surface area contributed by atoms with E-state index < -0.39 is 6.10 Å². The molecule has 1 aliphatic heterocycles. The molecule has 1 N–H and O–H groups in total. The van der Waals surface area contributed by atoms with Gasteiger partial charge in [0.25, 0.3) is 5.91 Å². The number of pyridine rings is 1. The number of hydrogen-bond donors (Lipinski definition) is 1. The second-order valence-corrected chi connectivity index (χ2v) is 6.41. The Hall–Kier alpha value is -2.44. The van der Waals surface area contributed by atoms with Crippen molar-refractivity contribution in [1.29, 1.82) is 0 Å². The van der Waals surface area contributed by atoms with Gasteiger partial charge in [0.1, 0.15) is 5.56 Å². The SMILES string of the molecule is CCOc1ncccc1C(=O)N1CCN(Cc2ccccc2)C[C@H](O)C1. The quantitative estimate of drug-likeness (QED) is 0.886. The van der Waals surface area contributed by atoms with Crippen molar-refractivity contribution in [3.63, 3.8) is 0 Å². The van der Waals surface area contributed by atoms with Gasteiger partial charge >= 0.3 is 0 Å². The molecule has 6 heteroatoms. The molecule has 1 fully saturated rings. The van der Waals surface area contributed by atoms with Crippen LogP contribution < -0.4 is 4.74 Å². The van der Waals surface area contributed by atoms with Gasteiger partial charge in [-0.05, 0) is 24.6 Å². The third kappa shape index (κ3) is 4.59. The molecular weight excluding hydrogens is 330 g/mol. The van der Waals surface area contributed by atoms with E-state index in [2.05, 4.69) is 22.0 Å². The first-order chi connectivity index (χ1) is 12.7. The molecule has 0 aliphatic carbocycles. The zero-order valence-corrected chi connectivity index (χ0v) is 15.0. The number of carbonyl (C=O) groups excluding carboxylic acids is 1. The van der Waals surface area contributed by atoms with Crippen LogP contribution >= 0.6 is 0 Å². The lowest BCUT2D eigenvalue weighted by molar-refractivity contribution is 0.0658. The number of ether oxygens (including phenoxy) is 1. The molecule has 138 valence electrons. The van der Waals surface area contributed by atoms with E-state index in [1.165, 1.54) is 5.56 Å². The van der Waals surface area contributed by atoms with Crippen LogP contribution in [0.3, 0.4) is 0 Å². The molecule has 26 heavy (non-hydrogen) atoms. The van der Waals surface area contributed by atoms with Gasteiger partial charge in [0.05, 0.1) is 12.7 Å². The van der Waals surface area contributed by atoms with Crippen molar-refractivity contribution in [2.24, 2.45) is 0 Å². The van der Waals surface area contributed by atoms with Crippen molar-refractivity contribution in [3.8, 4) is 5.88 Å². The Morgan fingerprint density at radius 2 is 2.00 bits per heavy atom. The van der Waals surface area contributed by atoms with E-state index >= 15 is 0 Å². The second kappa shape index (κ2) is 8.78. The van der Waals surface area contributed by atoms with E-state index in [-0.39, 0.29) is 5.91 Å². The number of β-amino-alcohol motifs (C(OH)–C–C–N with tert-alkyl or cyclic N) is 1. The lowest BCUT2D eigenvalue weighted by Crippen LogP contribution is -2.38. The molecule has 1 aliphatic rings. The number of amides is 1. The Labute approximate surface area is 154 Å². The standard InChI is InChI=1S/C20H25N3O3/c1-2-26-19-18(9-6-10-21-19)20(25)23-12-11-22(14-17(24)15-23)13-16-7-4-3-5-8-16/h3-10,17,24H,2,11-15H2,1H3/t17-/m0/s1. The molecule has 6 nitrogen and oxygen atoms in total. The average Bonchev–Trinajstić information content (AvgIpc) is 2.84. The van der Waals surface area contributed by atoms with Crippen LogP contribution in [-0.2, 0) is 6.54 Å². The van der Waals surface area contributed by atoms with E-state index in [1.54, 1.807) is 23.2 Å². The number of aliphatic hydroxyl groups is 1. The maximum absolute atomic E-state index is 12.9. The summed E-state index contributed by atoms with van der Waals surface area (Å²) in [7, 11) is 0. The molecule has 1 saturated heterocycles. The summed E-state index contributed by atoms with van der Waals surface area (Å²) < 4.78 is 5.48. The fraction of sp³-hybridized carbons (Fsp3) is 0.400. The topological polar surface area (TPSA) is 65.9 Å². The Morgan fingerprint density at radius 1 is 1.19 bits per heavy atom. The van der Waals surface area contributed by atoms with Crippen LogP contribution in [0.15, 0.2) is 48.7 Å². The van der Waals surface area contributed by atoms with Gasteiger partial charge in [-0.3, -0.25) is 9.69 Å². The van der Waals surface area contributed by atoms with Crippen molar-refractivity contribution in [2.45, 2.75) is 19.6 Å². The molecule has 3 rings (SSSR count). The van der Waals surface area contributed by atoms with Crippen LogP contribution in [0.25, 0.3) is 0 Å². The molecule has 1 atom stereocenters. The number of nitrogens with zero attached hydrogens (tertiary/aromatic N) is 3. The van der Waals surface area contributed by atoms with Gasteiger partial charge in [0.2, 0.25) is 5.88 Å². The molecule has 0 bridgehead atoms. The summed E-state index contributed by atoms with van der Waals surface area (Å²) in [5.74, 6) is 0.196. The molecule has 0 spiro atoms. The predicted molar refractivity (Wildman–Crippen MR) is 99.0 cm³/mol. The highest BCUT2D eigenvalue weighted by Crippen LogP contribution is 2.18. The third-order valence-electron chi connectivity index (χ3n) is 4.41. The third-order valence-corrected chi connectivity index (χ3v) is 4.41. The van der Waals surface area contributed by atoms with Crippen LogP contribution in [0, 0.1) is 0 Å². The van der Waals surface area contributed by atoms with Gasteiger partial charge in [-0.25, -0.2) is 4.98 Å². The molecular formula is C20H25N3O3. The first kappa shape index (κ1) is 18.4. The largest absolute Gasteiger partial charge is 0.477 e. The summed E-state index contributed by atoms with van der Waals surface area (Å²) in [5, 5.41) is 10.4. The summed E-state index contributed by atoms with van der Waals surface area (Å²) in [6.45, 7) is 5.20. The average molecular weight is 355 g/mol. The highest BCUT2D eigenvalue weighted by atomic mass is 16.5. The van der Waals surface area contributed by atoms with Crippen LogP contribution in [0.5, 0.6) is 5.88 Å². The Bertz CT molecular complexity index is 723. The molecule has 1 aromatic carbocycles. The summed E-state index contributed by atoms with van der Waals surface area (Å²) in [6.07, 6.45) is 1.03. The van der Waals surface area contributed by atoms with Gasteiger partial charge < -0.3 is 14.7 Å². The Morgan fingerprint density at radius 3 is 2.77 bits per heavy atom. The van der Waals surface area contributed by atoms with E-state index in [1.807, 2.05) is 25.1 Å². The number of hydrogen-bond acceptors (Lipinski definition) is 5. The zero-order chi connectivity index (χ0) is 18.4. The second-order valence-electron chi connectivity index (χ2n) is 6.41.